The lowest BCUT2D eigenvalue weighted by molar-refractivity contribution is 0.0955. The van der Waals surface area contributed by atoms with Gasteiger partial charge in [0.1, 0.15) is 12.4 Å². The van der Waals surface area contributed by atoms with E-state index in [-0.39, 0.29) is 11.8 Å². The van der Waals surface area contributed by atoms with Gasteiger partial charge in [-0.1, -0.05) is 55.1 Å². The Bertz CT molecular complexity index is 1060. The van der Waals surface area contributed by atoms with Gasteiger partial charge >= 0.3 is 0 Å². The summed E-state index contributed by atoms with van der Waals surface area (Å²) < 4.78 is 5.61. The van der Waals surface area contributed by atoms with E-state index in [0.717, 1.165) is 17.6 Å². The van der Waals surface area contributed by atoms with E-state index in [1.54, 1.807) is 48.5 Å². The molecule has 0 atom stereocenters. The zero-order chi connectivity index (χ0) is 22.1. The van der Waals surface area contributed by atoms with Gasteiger partial charge in [-0.2, -0.15) is 0 Å². The van der Waals surface area contributed by atoms with Crippen LogP contribution in [0.1, 0.15) is 33.2 Å². The van der Waals surface area contributed by atoms with Crippen molar-refractivity contribution in [1.82, 2.24) is 5.32 Å². The number of anilines is 1. The largest absolute Gasteiger partial charge is 0.489 e. The molecule has 158 valence electrons. The third kappa shape index (κ3) is 6.57. The Labute approximate surface area is 182 Å². The Morgan fingerprint density at radius 3 is 2.42 bits per heavy atom. The highest BCUT2D eigenvalue weighted by atomic mass is 16.5. The molecule has 5 nitrogen and oxygen atoms in total. The van der Waals surface area contributed by atoms with Crippen LogP contribution in [0, 0.1) is 0 Å². The lowest BCUT2D eigenvalue weighted by Crippen LogP contribution is -2.27. The van der Waals surface area contributed by atoms with E-state index in [1.807, 2.05) is 37.3 Å². The molecule has 3 aromatic carbocycles. The summed E-state index contributed by atoms with van der Waals surface area (Å²) in [5, 5.41) is 5.75. The predicted molar refractivity (Wildman–Crippen MR) is 124 cm³/mol. The van der Waals surface area contributed by atoms with Crippen LogP contribution < -0.4 is 15.4 Å². The van der Waals surface area contributed by atoms with Crippen LogP contribution in [0.4, 0.5) is 5.69 Å². The molecule has 0 unspecified atom stereocenters. The van der Waals surface area contributed by atoms with Gasteiger partial charge in [-0.05, 0) is 54.8 Å². The Balaban J connectivity index is 1.64. The highest BCUT2D eigenvalue weighted by molar-refractivity contribution is 6.09. The molecule has 0 fully saturated rings. The van der Waals surface area contributed by atoms with Crippen LogP contribution in [0.2, 0.25) is 0 Å². The molecule has 0 aliphatic carbocycles. The first kappa shape index (κ1) is 21.8. The zero-order valence-corrected chi connectivity index (χ0v) is 17.6. The molecular formula is C26H26N2O3. The van der Waals surface area contributed by atoms with E-state index in [4.69, 9.17) is 4.74 Å². The van der Waals surface area contributed by atoms with Gasteiger partial charge in [0.15, 0.2) is 0 Å². The second-order valence-electron chi connectivity index (χ2n) is 7.26. The van der Waals surface area contributed by atoms with Crippen LogP contribution in [0.15, 0.2) is 91.0 Å². The van der Waals surface area contributed by atoms with E-state index in [2.05, 4.69) is 17.2 Å². The van der Waals surface area contributed by atoms with Crippen LogP contribution in [-0.4, -0.2) is 25.0 Å². The first-order valence-corrected chi connectivity index (χ1v) is 10.1. The summed E-state index contributed by atoms with van der Waals surface area (Å²) in [5.74, 6) is 0.0401. The van der Waals surface area contributed by atoms with Crippen molar-refractivity contribution in [3.05, 3.63) is 108 Å². The van der Waals surface area contributed by atoms with Crippen LogP contribution in [0.5, 0.6) is 5.75 Å². The van der Waals surface area contributed by atoms with E-state index >= 15 is 0 Å². The molecule has 2 amide bonds. The van der Waals surface area contributed by atoms with E-state index in [0.29, 0.717) is 35.7 Å². The van der Waals surface area contributed by atoms with Crippen molar-refractivity contribution in [3.8, 4) is 5.75 Å². The monoisotopic (exact) mass is 414 g/mol. The first-order chi connectivity index (χ1) is 15.0. The summed E-state index contributed by atoms with van der Waals surface area (Å²) in [4.78, 5) is 25.4. The van der Waals surface area contributed by atoms with E-state index < -0.39 is 0 Å². The summed E-state index contributed by atoms with van der Waals surface area (Å²) in [5.41, 5.74) is 3.36. The number of carbonyl (C=O) groups is 2. The maximum absolute atomic E-state index is 12.8. The van der Waals surface area contributed by atoms with Crippen molar-refractivity contribution < 1.29 is 14.3 Å². The summed E-state index contributed by atoms with van der Waals surface area (Å²) in [6, 6.07) is 23.8. The molecule has 0 spiro atoms. The van der Waals surface area contributed by atoms with Gasteiger partial charge < -0.3 is 15.4 Å². The lowest BCUT2D eigenvalue weighted by atomic mass is 10.1. The molecule has 5 heteroatoms. The molecule has 0 heterocycles. The minimum absolute atomic E-state index is 0.231. The van der Waals surface area contributed by atoms with Crippen LogP contribution in [-0.2, 0) is 6.42 Å². The Hall–Kier alpha value is -3.86. The lowest BCUT2D eigenvalue weighted by Gasteiger charge is -2.12. The highest BCUT2D eigenvalue weighted by Gasteiger charge is 2.14. The maximum atomic E-state index is 12.8. The predicted octanol–water partition coefficient (Wildman–Crippen LogP) is 4.87. The SMILES string of the molecule is C=C(C)COc1cccc(C(=O)Nc2ccccc2C(=O)NCCc2ccccc2)c1. The number of amides is 2. The zero-order valence-electron chi connectivity index (χ0n) is 17.6. The van der Waals surface area contributed by atoms with Crippen molar-refractivity contribution in [2.45, 2.75) is 13.3 Å². The first-order valence-electron chi connectivity index (χ1n) is 10.1. The van der Waals surface area contributed by atoms with Crippen molar-refractivity contribution in [2.24, 2.45) is 0 Å². The van der Waals surface area contributed by atoms with Crippen molar-refractivity contribution >= 4 is 17.5 Å². The minimum atomic E-state index is -0.315. The Kier molecular flexibility index (Phi) is 7.60. The van der Waals surface area contributed by atoms with Gasteiger partial charge in [-0.3, -0.25) is 9.59 Å². The van der Waals surface area contributed by atoms with Crippen LogP contribution in [0.25, 0.3) is 0 Å². The summed E-state index contributed by atoms with van der Waals surface area (Å²) in [6.07, 6.45) is 0.734. The van der Waals surface area contributed by atoms with Crippen molar-refractivity contribution in [1.29, 1.82) is 0 Å². The summed E-state index contributed by atoms with van der Waals surface area (Å²) in [7, 11) is 0. The van der Waals surface area contributed by atoms with Gasteiger partial charge in [0.25, 0.3) is 11.8 Å². The molecule has 0 aliphatic rings. The second-order valence-corrected chi connectivity index (χ2v) is 7.26. The number of para-hydroxylation sites is 1. The molecule has 0 bridgehead atoms. The van der Waals surface area contributed by atoms with Gasteiger partial charge in [0, 0.05) is 12.1 Å². The Morgan fingerprint density at radius 1 is 0.903 bits per heavy atom. The van der Waals surface area contributed by atoms with E-state index in [1.165, 1.54) is 0 Å². The fourth-order valence-electron chi connectivity index (χ4n) is 2.98. The third-order valence-corrected chi connectivity index (χ3v) is 4.54. The molecule has 31 heavy (non-hydrogen) atoms. The molecule has 0 radical (unpaired) electrons. The van der Waals surface area contributed by atoms with Crippen molar-refractivity contribution in [2.75, 3.05) is 18.5 Å². The molecule has 0 saturated carbocycles. The van der Waals surface area contributed by atoms with Crippen molar-refractivity contribution in [3.63, 3.8) is 0 Å². The standard InChI is InChI=1S/C26H26N2O3/c1-19(2)18-31-22-12-8-11-21(17-22)25(29)28-24-14-7-6-13-23(24)26(30)27-16-15-20-9-4-3-5-10-20/h3-14,17H,1,15-16,18H2,2H3,(H,27,30)(H,28,29). The Morgan fingerprint density at radius 2 is 1.65 bits per heavy atom. The highest BCUT2D eigenvalue weighted by Crippen LogP contribution is 2.19. The number of carbonyl (C=O) groups excluding carboxylic acids is 2. The third-order valence-electron chi connectivity index (χ3n) is 4.54. The fraction of sp³-hybridized carbons (Fsp3) is 0.154. The normalized spacial score (nSPS) is 10.2. The average molecular weight is 415 g/mol. The van der Waals surface area contributed by atoms with Gasteiger partial charge in [0.2, 0.25) is 0 Å². The maximum Gasteiger partial charge on any atom is 0.255 e. The number of hydrogen-bond acceptors (Lipinski definition) is 3. The molecule has 3 rings (SSSR count). The smallest absolute Gasteiger partial charge is 0.255 e. The molecule has 0 saturated heterocycles. The summed E-state index contributed by atoms with van der Waals surface area (Å²) >= 11 is 0. The van der Waals surface area contributed by atoms with Gasteiger partial charge in [-0.25, -0.2) is 0 Å². The molecule has 3 aromatic rings. The molecule has 0 aliphatic heterocycles. The average Bonchev–Trinajstić information content (AvgIpc) is 2.79. The van der Waals surface area contributed by atoms with Crippen LogP contribution in [0.3, 0.4) is 0 Å². The van der Waals surface area contributed by atoms with E-state index in [9.17, 15) is 9.59 Å². The quantitative estimate of drug-likeness (QED) is 0.491. The van der Waals surface area contributed by atoms with Gasteiger partial charge in [0.05, 0.1) is 11.3 Å². The number of ether oxygens (including phenoxy) is 1. The van der Waals surface area contributed by atoms with Gasteiger partial charge in [-0.15, -0.1) is 0 Å². The number of rotatable bonds is 9. The topological polar surface area (TPSA) is 67.4 Å². The molecule has 2 N–H and O–H groups in total. The molecular weight excluding hydrogens is 388 g/mol. The second kappa shape index (κ2) is 10.8. The number of hydrogen-bond donors (Lipinski definition) is 2. The number of benzene rings is 3. The summed E-state index contributed by atoms with van der Waals surface area (Å²) in [6.45, 7) is 6.57. The fourth-order valence-corrected chi connectivity index (χ4v) is 2.98. The van der Waals surface area contributed by atoms with Crippen LogP contribution >= 0.6 is 0 Å². The number of nitrogens with one attached hydrogen (secondary N) is 2. The molecule has 0 aromatic heterocycles. The minimum Gasteiger partial charge on any atom is -0.489 e.